The molecule has 2 aromatic rings. The summed E-state index contributed by atoms with van der Waals surface area (Å²) in [6, 6.07) is 7.88. The third-order valence-corrected chi connectivity index (χ3v) is 4.76. The van der Waals surface area contributed by atoms with E-state index >= 15 is 0 Å². The number of carbonyl (C=O) groups is 1. The Morgan fingerprint density at radius 3 is 2.65 bits per heavy atom. The molecule has 142 valence electrons. The number of nitrogens with zero attached hydrogens (tertiary/aromatic N) is 1. The maximum absolute atomic E-state index is 12.3. The molecular weight excluding hydrogens is 348 g/mol. The van der Waals surface area contributed by atoms with Gasteiger partial charge in [-0.15, -0.1) is 11.3 Å². The monoisotopic (exact) mass is 376 g/mol. The van der Waals surface area contributed by atoms with E-state index in [2.05, 4.69) is 24.1 Å². The third-order valence-electron chi connectivity index (χ3n) is 3.63. The molecule has 0 unspecified atom stereocenters. The van der Waals surface area contributed by atoms with E-state index in [1.807, 2.05) is 38.1 Å². The van der Waals surface area contributed by atoms with Crippen molar-refractivity contribution in [2.24, 2.45) is 5.92 Å². The quantitative estimate of drug-likeness (QED) is 0.633. The lowest BCUT2D eigenvalue weighted by molar-refractivity contribution is 0.0928. The van der Waals surface area contributed by atoms with E-state index in [0.717, 1.165) is 29.5 Å². The Labute approximate surface area is 159 Å². The fourth-order valence-corrected chi connectivity index (χ4v) is 3.17. The average Bonchev–Trinajstić information content (AvgIpc) is 2.98. The summed E-state index contributed by atoms with van der Waals surface area (Å²) < 4.78 is 11.3. The number of aryl methyl sites for hydroxylation is 2. The molecule has 0 bridgehead atoms. The Balaban J connectivity index is 1.77. The molecule has 0 radical (unpaired) electrons. The predicted octanol–water partition coefficient (Wildman–Crippen LogP) is 4.13. The molecule has 26 heavy (non-hydrogen) atoms. The van der Waals surface area contributed by atoms with Gasteiger partial charge in [-0.05, 0) is 38.3 Å². The van der Waals surface area contributed by atoms with Crippen molar-refractivity contribution >= 4 is 17.2 Å². The minimum absolute atomic E-state index is 0.0783. The number of hydrogen-bond acceptors (Lipinski definition) is 5. The van der Waals surface area contributed by atoms with Crippen molar-refractivity contribution in [1.82, 2.24) is 10.3 Å². The Kier molecular flexibility index (Phi) is 8.06. The summed E-state index contributed by atoms with van der Waals surface area (Å²) in [6.07, 6.45) is 0.805. The van der Waals surface area contributed by atoms with Crippen LogP contribution in [0.2, 0.25) is 0 Å². The first-order valence-corrected chi connectivity index (χ1v) is 9.79. The second-order valence-electron chi connectivity index (χ2n) is 6.70. The zero-order valence-electron chi connectivity index (χ0n) is 16.0. The standard InChI is InChI=1S/C20H28N2O3S/c1-14(2)12-24-11-5-10-21-20(23)19-16(4)22-18(26-19)13-25-17-8-6-15(3)7-9-17/h6-9,14H,5,10-13H2,1-4H3,(H,21,23). The third kappa shape index (κ3) is 6.77. The number of carbonyl (C=O) groups excluding carboxylic acids is 1. The van der Waals surface area contributed by atoms with E-state index < -0.39 is 0 Å². The van der Waals surface area contributed by atoms with Crippen LogP contribution in [0.25, 0.3) is 0 Å². The Hall–Kier alpha value is -1.92. The summed E-state index contributed by atoms with van der Waals surface area (Å²) in [5.74, 6) is 1.26. The molecule has 6 heteroatoms. The summed E-state index contributed by atoms with van der Waals surface area (Å²) in [6.45, 7) is 10.5. The lowest BCUT2D eigenvalue weighted by atomic mass is 10.2. The van der Waals surface area contributed by atoms with Gasteiger partial charge in [-0.25, -0.2) is 4.98 Å². The molecule has 0 saturated carbocycles. The van der Waals surface area contributed by atoms with Gasteiger partial charge in [0.25, 0.3) is 5.91 Å². The zero-order chi connectivity index (χ0) is 18.9. The van der Waals surface area contributed by atoms with Gasteiger partial charge in [-0.2, -0.15) is 0 Å². The Morgan fingerprint density at radius 1 is 1.23 bits per heavy atom. The number of nitrogens with one attached hydrogen (secondary N) is 1. The summed E-state index contributed by atoms with van der Waals surface area (Å²) in [7, 11) is 0. The van der Waals surface area contributed by atoms with E-state index in [-0.39, 0.29) is 5.91 Å². The molecular formula is C20H28N2O3S. The van der Waals surface area contributed by atoms with Crippen LogP contribution in [0.1, 0.15) is 46.2 Å². The molecule has 1 aromatic heterocycles. The zero-order valence-corrected chi connectivity index (χ0v) is 16.8. The van der Waals surface area contributed by atoms with Gasteiger partial charge in [0.1, 0.15) is 22.2 Å². The van der Waals surface area contributed by atoms with Crippen LogP contribution in [-0.2, 0) is 11.3 Å². The second-order valence-corrected chi connectivity index (χ2v) is 7.79. The molecule has 0 saturated heterocycles. The number of ether oxygens (including phenoxy) is 2. The average molecular weight is 377 g/mol. The second kappa shape index (κ2) is 10.3. The first kappa shape index (κ1) is 20.4. The predicted molar refractivity (Wildman–Crippen MR) is 105 cm³/mol. The lowest BCUT2D eigenvalue weighted by Crippen LogP contribution is -2.25. The molecule has 1 N–H and O–H groups in total. The lowest BCUT2D eigenvalue weighted by Gasteiger charge is -2.07. The molecule has 0 atom stereocenters. The molecule has 1 amide bonds. The van der Waals surface area contributed by atoms with Crippen LogP contribution >= 0.6 is 11.3 Å². The smallest absolute Gasteiger partial charge is 0.263 e. The summed E-state index contributed by atoms with van der Waals surface area (Å²) in [5, 5.41) is 3.73. The highest BCUT2D eigenvalue weighted by Gasteiger charge is 2.15. The van der Waals surface area contributed by atoms with Crippen molar-refractivity contribution in [3.05, 3.63) is 45.4 Å². The number of hydrogen-bond donors (Lipinski definition) is 1. The number of thiazole rings is 1. The largest absolute Gasteiger partial charge is 0.486 e. The van der Waals surface area contributed by atoms with Crippen molar-refractivity contribution in [1.29, 1.82) is 0 Å². The molecule has 0 aliphatic heterocycles. The minimum Gasteiger partial charge on any atom is -0.486 e. The van der Waals surface area contributed by atoms with Crippen molar-refractivity contribution in [3.8, 4) is 5.75 Å². The van der Waals surface area contributed by atoms with Crippen LogP contribution < -0.4 is 10.1 Å². The van der Waals surface area contributed by atoms with E-state index in [1.54, 1.807) is 0 Å². The van der Waals surface area contributed by atoms with Crippen molar-refractivity contribution < 1.29 is 14.3 Å². The molecule has 1 aromatic carbocycles. The summed E-state index contributed by atoms with van der Waals surface area (Å²) in [5.41, 5.74) is 1.93. The highest BCUT2D eigenvalue weighted by atomic mass is 32.1. The van der Waals surface area contributed by atoms with Gasteiger partial charge in [-0.1, -0.05) is 31.5 Å². The van der Waals surface area contributed by atoms with Crippen molar-refractivity contribution in [2.45, 2.75) is 40.7 Å². The van der Waals surface area contributed by atoms with Crippen LogP contribution in [0.5, 0.6) is 5.75 Å². The highest BCUT2D eigenvalue weighted by Crippen LogP contribution is 2.20. The summed E-state index contributed by atoms with van der Waals surface area (Å²) >= 11 is 1.38. The first-order chi connectivity index (χ1) is 12.5. The molecule has 0 fully saturated rings. The number of benzene rings is 1. The van der Waals surface area contributed by atoms with Gasteiger partial charge >= 0.3 is 0 Å². The van der Waals surface area contributed by atoms with E-state index in [9.17, 15) is 4.79 Å². The van der Waals surface area contributed by atoms with Gasteiger partial charge in [0.2, 0.25) is 0 Å². The van der Waals surface area contributed by atoms with Gasteiger partial charge < -0.3 is 14.8 Å². The van der Waals surface area contributed by atoms with E-state index in [0.29, 0.717) is 30.6 Å². The van der Waals surface area contributed by atoms with Crippen molar-refractivity contribution in [3.63, 3.8) is 0 Å². The fourth-order valence-electron chi connectivity index (χ4n) is 2.28. The van der Waals surface area contributed by atoms with Crippen molar-refractivity contribution in [2.75, 3.05) is 19.8 Å². The molecule has 0 spiro atoms. The Bertz CT molecular complexity index is 696. The maximum atomic E-state index is 12.3. The van der Waals surface area contributed by atoms with Gasteiger partial charge in [0.15, 0.2) is 0 Å². The molecule has 1 heterocycles. The maximum Gasteiger partial charge on any atom is 0.263 e. The van der Waals surface area contributed by atoms with Crippen LogP contribution in [0.15, 0.2) is 24.3 Å². The number of aromatic nitrogens is 1. The molecule has 0 aliphatic rings. The van der Waals surface area contributed by atoms with Crippen LogP contribution in [0.4, 0.5) is 0 Å². The van der Waals surface area contributed by atoms with Crippen LogP contribution in [0, 0.1) is 19.8 Å². The number of amides is 1. The molecule has 5 nitrogen and oxygen atoms in total. The topological polar surface area (TPSA) is 60.5 Å². The van der Waals surface area contributed by atoms with E-state index in [1.165, 1.54) is 16.9 Å². The van der Waals surface area contributed by atoms with Gasteiger partial charge in [0, 0.05) is 19.8 Å². The summed E-state index contributed by atoms with van der Waals surface area (Å²) in [4.78, 5) is 17.4. The SMILES string of the molecule is Cc1ccc(OCc2nc(C)c(C(=O)NCCCOCC(C)C)s2)cc1. The van der Waals surface area contributed by atoms with Crippen LogP contribution in [0.3, 0.4) is 0 Å². The minimum atomic E-state index is -0.0783. The van der Waals surface area contributed by atoms with Gasteiger partial charge in [-0.3, -0.25) is 4.79 Å². The van der Waals surface area contributed by atoms with Crippen LogP contribution in [-0.4, -0.2) is 30.6 Å². The molecule has 0 aliphatic carbocycles. The first-order valence-electron chi connectivity index (χ1n) is 8.97. The normalized spacial score (nSPS) is 11.0. The van der Waals surface area contributed by atoms with Gasteiger partial charge in [0.05, 0.1) is 5.69 Å². The van der Waals surface area contributed by atoms with E-state index in [4.69, 9.17) is 9.47 Å². The highest BCUT2D eigenvalue weighted by molar-refractivity contribution is 7.13. The molecule has 2 rings (SSSR count). The number of rotatable bonds is 10. The fraction of sp³-hybridized carbons (Fsp3) is 0.500. The Morgan fingerprint density at radius 2 is 1.96 bits per heavy atom.